The number of aromatic amines is 1. The van der Waals surface area contributed by atoms with Crippen LogP contribution in [0.2, 0.25) is 0 Å². The van der Waals surface area contributed by atoms with Crippen molar-refractivity contribution >= 4 is 17.0 Å². The van der Waals surface area contributed by atoms with Gasteiger partial charge in [0.05, 0.1) is 12.6 Å². The lowest BCUT2D eigenvalue weighted by molar-refractivity contribution is 0.0174. The van der Waals surface area contributed by atoms with Crippen LogP contribution < -0.4 is 10.5 Å². The van der Waals surface area contributed by atoms with Crippen LogP contribution >= 0.6 is 0 Å². The van der Waals surface area contributed by atoms with E-state index in [1.54, 1.807) is 35.8 Å². The molecular formula is C19H23F2N5O2. The van der Waals surface area contributed by atoms with Crippen LogP contribution in [0.1, 0.15) is 43.1 Å². The zero-order chi connectivity index (χ0) is 20.6. The topological polar surface area (TPSA) is 87.0 Å². The Morgan fingerprint density at radius 1 is 1.29 bits per heavy atom. The number of H-pyrrole nitrogens is 1. The summed E-state index contributed by atoms with van der Waals surface area (Å²) >= 11 is 0. The van der Waals surface area contributed by atoms with Crippen LogP contribution in [0.4, 0.5) is 14.7 Å². The molecule has 7 nitrogen and oxygen atoms in total. The summed E-state index contributed by atoms with van der Waals surface area (Å²) in [5.41, 5.74) is 0.868. The maximum atomic E-state index is 13.5. The molecule has 0 aliphatic rings. The minimum Gasteiger partial charge on any atom is -0.390 e. The average molecular weight is 391 g/mol. The molecule has 0 spiro atoms. The van der Waals surface area contributed by atoms with E-state index in [0.717, 1.165) is 12.5 Å². The lowest BCUT2D eigenvalue weighted by Crippen LogP contribution is -2.20. The molecule has 0 saturated carbocycles. The lowest BCUT2D eigenvalue weighted by atomic mass is 10.0. The Bertz CT molecular complexity index is 1040. The van der Waals surface area contributed by atoms with Crippen molar-refractivity contribution in [2.24, 2.45) is 0 Å². The van der Waals surface area contributed by atoms with Crippen molar-refractivity contribution in [2.45, 2.75) is 38.8 Å². The standard InChI is InChI=1S/C19H23F2N5O2/c1-5-14(11-6-8-12(9-7-11)19(2,20)21)26-16-15(13(10-27)24-26)17(28)23-18(22-16)25(3)4/h6-9,14,27H,5,10H2,1-4H3,(H,22,23,28)/t14-/m0/s1. The van der Waals surface area contributed by atoms with Gasteiger partial charge in [-0.25, -0.2) is 13.5 Å². The van der Waals surface area contributed by atoms with Crippen LogP contribution in [0.15, 0.2) is 29.1 Å². The van der Waals surface area contributed by atoms with Gasteiger partial charge in [0, 0.05) is 26.6 Å². The third kappa shape index (κ3) is 3.49. The number of aliphatic hydroxyl groups excluding tert-OH is 1. The normalized spacial score (nSPS) is 13.1. The molecule has 150 valence electrons. The van der Waals surface area contributed by atoms with Crippen molar-refractivity contribution in [3.8, 4) is 0 Å². The molecule has 0 aliphatic carbocycles. The molecule has 0 bridgehead atoms. The summed E-state index contributed by atoms with van der Waals surface area (Å²) in [5.74, 6) is -2.56. The summed E-state index contributed by atoms with van der Waals surface area (Å²) in [6, 6.07) is 5.72. The first-order valence-electron chi connectivity index (χ1n) is 8.95. The Morgan fingerprint density at radius 2 is 1.93 bits per heavy atom. The highest BCUT2D eigenvalue weighted by Gasteiger charge is 2.26. The number of aliphatic hydroxyl groups is 1. The average Bonchev–Trinajstić information content (AvgIpc) is 3.01. The van der Waals surface area contributed by atoms with E-state index in [-0.39, 0.29) is 28.2 Å². The number of nitrogens with zero attached hydrogens (tertiary/aromatic N) is 4. The second kappa shape index (κ2) is 7.31. The molecular weight excluding hydrogens is 368 g/mol. The molecule has 0 radical (unpaired) electrons. The first-order chi connectivity index (χ1) is 13.2. The highest BCUT2D eigenvalue weighted by molar-refractivity contribution is 5.78. The SMILES string of the molecule is CC[C@@H](c1ccc(C(C)(F)F)cc1)n1nc(CO)c2c(=O)[nH]c(N(C)C)nc21. The zero-order valence-corrected chi connectivity index (χ0v) is 16.2. The van der Waals surface area contributed by atoms with Crippen molar-refractivity contribution < 1.29 is 13.9 Å². The third-order valence-corrected chi connectivity index (χ3v) is 4.68. The van der Waals surface area contributed by atoms with E-state index >= 15 is 0 Å². The maximum absolute atomic E-state index is 13.5. The molecule has 0 fully saturated rings. The van der Waals surface area contributed by atoms with Crippen molar-refractivity contribution in [2.75, 3.05) is 19.0 Å². The number of benzene rings is 1. The fraction of sp³-hybridized carbons (Fsp3) is 0.421. The molecule has 1 atom stereocenters. The van der Waals surface area contributed by atoms with E-state index in [1.165, 1.54) is 12.1 Å². The summed E-state index contributed by atoms with van der Waals surface area (Å²) < 4.78 is 28.6. The highest BCUT2D eigenvalue weighted by Crippen LogP contribution is 2.31. The van der Waals surface area contributed by atoms with Gasteiger partial charge in [-0.2, -0.15) is 10.1 Å². The van der Waals surface area contributed by atoms with Gasteiger partial charge in [-0.1, -0.05) is 31.2 Å². The number of halogens is 2. The van der Waals surface area contributed by atoms with E-state index in [2.05, 4.69) is 15.1 Å². The van der Waals surface area contributed by atoms with Gasteiger partial charge >= 0.3 is 0 Å². The van der Waals surface area contributed by atoms with Gasteiger partial charge in [0.2, 0.25) is 5.95 Å². The second-order valence-corrected chi connectivity index (χ2v) is 6.97. The maximum Gasteiger partial charge on any atom is 0.270 e. The fourth-order valence-corrected chi connectivity index (χ4v) is 3.19. The van der Waals surface area contributed by atoms with E-state index in [0.29, 0.717) is 18.0 Å². The summed E-state index contributed by atoms with van der Waals surface area (Å²) in [5, 5.41) is 14.3. The third-order valence-electron chi connectivity index (χ3n) is 4.68. The van der Waals surface area contributed by atoms with Crippen LogP contribution in [0.5, 0.6) is 0 Å². The van der Waals surface area contributed by atoms with Gasteiger partial charge in [-0.05, 0) is 12.0 Å². The molecule has 0 saturated heterocycles. The van der Waals surface area contributed by atoms with Crippen LogP contribution in [0.3, 0.4) is 0 Å². The predicted molar refractivity (Wildman–Crippen MR) is 103 cm³/mol. The summed E-state index contributed by atoms with van der Waals surface area (Å²) in [7, 11) is 3.50. The van der Waals surface area contributed by atoms with Gasteiger partial charge in [0.25, 0.3) is 11.5 Å². The molecule has 2 aromatic heterocycles. The Morgan fingerprint density at radius 3 is 2.43 bits per heavy atom. The van der Waals surface area contributed by atoms with E-state index < -0.39 is 12.5 Å². The Hall–Kier alpha value is -2.81. The minimum atomic E-state index is -2.92. The number of hydrogen-bond donors (Lipinski definition) is 2. The quantitative estimate of drug-likeness (QED) is 0.675. The van der Waals surface area contributed by atoms with E-state index in [9.17, 15) is 18.7 Å². The Kier molecular flexibility index (Phi) is 5.20. The largest absolute Gasteiger partial charge is 0.390 e. The number of hydrogen-bond acceptors (Lipinski definition) is 5. The number of aromatic nitrogens is 4. The summed E-state index contributed by atoms with van der Waals surface area (Å²) in [6.45, 7) is 2.37. The van der Waals surface area contributed by atoms with E-state index in [4.69, 9.17) is 0 Å². The smallest absolute Gasteiger partial charge is 0.270 e. The first-order valence-corrected chi connectivity index (χ1v) is 8.95. The number of anilines is 1. The van der Waals surface area contributed by atoms with Crippen LogP contribution in [-0.4, -0.2) is 39.0 Å². The zero-order valence-electron chi connectivity index (χ0n) is 16.2. The monoisotopic (exact) mass is 391 g/mol. The van der Waals surface area contributed by atoms with Crippen molar-refractivity contribution in [3.63, 3.8) is 0 Å². The second-order valence-electron chi connectivity index (χ2n) is 6.97. The molecule has 28 heavy (non-hydrogen) atoms. The highest BCUT2D eigenvalue weighted by atomic mass is 19.3. The number of fused-ring (bicyclic) bond motifs is 1. The van der Waals surface area contributed by atoms with Gasteiger partial charge in [0.1, 0.15) is 11.1 Å². The summed E-state index contributed by atoms with van der Waals surface area (Å²) in [6.07, 6.45) is 0.593. The van der Waals surface area contributed by atoms with Crippen molar-refractivity contribution in [1.29, 1.82) is 0 Å². The lowest BCUT2D eigenvalue weighted by Gasteiger charge is -2.19. The number of alkyl halides is 2. The van der Waals surface area contributed by atoms with Crippen molar-refractivity contribution in [3.05, 3.63) is 51.4 Å². The fourth-order valence-electron chi connectivity index (χ4n) is 3.19. The van der Waals surface area contributed by atoms with Gasteiger partial charge in [0.15, 0.2) is 5.65 Å². The molecule has 2 N–H and O–H groups in total. The number of rotatable bonds is 6. The molecule has 1 aromatic carbocycles. The Balaban J connectivity index is 2.18. The molecule has 3 aromatic rings. The van der Waals surface area contributed by atoms with Crippen LogP contribution in [0, 0.1) is 0 Å². The molecule has 2 heterocycles. The predicted octanol–water partition coefficient (Wildman–Crippen LogP) is 2.79. The molecule has 0 amide bonds. The van der Waals surface area contributed by atoms with E-state index in [1.807, 2.05) is 6.92 Å². The Labute approximate surface area is 160 Å². The minimum absolute atomic E-state index is 0.0723. The molecule has 0 aliphatic heterocycles. The first kappa shape index (κ1) is 19.9. The van der Waals surface area contributed by atoms with Crippen LogP contribution in [-0.2, 0) is 12.5 Å². The number of nitrogens with one attached hydrogen (secondary N) is 1. The molecule has 9 heteroatoms. The van der Waals surface area contributed by atoms with Gasteiger partial charge in [-0.3, -0.25) is 9.78 Å². The van der Waals surface area contributed by atoms with Crippen LogP contribution in [0.25, 0.3) is 11.0 Å². The molecule has 0 unspecified atom stereocenters. The molecule has 3 rings (SSSR count). The van der Waals surface area contributed by atoms with Gasteiger partial charge < -0.3 is 10.0 Å². The van der Waals surface area contributed by atoms with Crippen molar-refractivity contribution in [1.82, 2.24) is 19.7 Å². The summed E-state index contributed by atoms with van der Waals surface area (Å²) in [4.78, 5) is 21.4. The van der Waals surface area contributed by atoms with Gasteiger partial charge in [-0.15, -0.1) is 0 Å².